The third kappa shape index (κ3) is 5.79. The van der Waals surface area contributed by atoms with Crippen molar-refractivity contribution in [3.05, 3.63) is 35.9 Å². The Bertz CT molecular complexity index is 461. The van der Waals surface area contributed by atoms with Crippen LogP contribution in [-0.4, -0.2) is 37.1 Å². The van der Waals surface area contributed by atoms with E-state index in [4.69, 9.17) is 10.5 Å². The number of amides is 1. The minimum atomic E-state index is -0.0669. The maximum Gasteiger partial charge on any atom is 0.222 e. The molecule has 0 aromatic heterocycles. The highest BCUT2D eigenvalue weighted by Crippen LogP contribution is 2.25. The molecule has 130 valence electrons. The van der Waals surface area contributed by atoms with E-state index in [1.807, 2.05) is 42.3 Å². The Morgan fingerprint density at radius 1 is 1.26 bits per heavy atom. The molecule has 0 bridgehead atoms. The Balaban J connectivity index is 0.00000264. The Hall–Kier alpha value is -1.10. The molecule has 5 heteroatoms. The maximum atomic E-state index is 12.4. The first-order valence-corrected chi connectivity index (χ1v) is 8.20. The molecule has 1 aromatic carbocycles. The predicted octanol–water partition coefficient (Wildman–Crippen LogP) is 3.30. The minimum Gasteiger partial charge on any atom is -0.381 e. The summed E-state index contributed by atoms with van der Waals surface area (Å²) in [5, 5.41) is 0. The lowest BCUT2D eigenvalue weighted by atomic mass is 9.91. The fourth-order valence-electron chi connectivity index (χ4n) is 3.19. The van der Waals surface area contributed by atoms with Crippen LogP contribution in [0.5, 0.6) is 0 Å². The summed E-state index contributed by atoms with van der Waals surface area (Å²) in [4.78, 5) is 14.3. The SMILES string of the molecule is COC1CCC(N(C)C(=O)CCC(N)c2ccccc2)CC1.Cl. The fourth-order valence-corrected chi connectivity index (χ4v) is 3.19. The summed E-state index contributed by atoms with van der Waals surface area (Å²) >= 11 is 0. The highest BCUT2D eigenvalue weighted by atomic mass is 35.5. The summed E-state index contributed by atoms with van der Waals surface area (Å²) < 4.78 is 5.39. The summed E-state index contributed by atoms with van der Waals surface area (Å²) in [5.41, 5.74) is 7.27. The van der Waals surface area contributed by atoms with Crippen molar-refractivity contribution in [2.75, 3.05) is 14.2 Å². The molecular weight excluding hydrogens is 312 g/mol. The van der Waals surface area contributed by atoms with Crippen LogP contribution in [0.1, 0.15) is 50.1 Å². The molecule has 1 amide bonds. The number of hydrogen-bond donors (Lipinski definition) is 1. The molecule has 0 radical (unpaired) electrons. The molecule has 2 N–H and O–H groups in total. The van der Waals surface area contributed by atoms with Crippen LogP contribution in [0, 0.1) is 0 Å². The van der Waals surface area contributed by atoms with Gasteiger partial charge in [-0.15, -0.1) is 12.4 Å². The second-order valence-electron chi connectivity index (χ2n) is 6.23. The number of halogens is 1. The average Bonchev–Trinajstić information content (AvgIpc) is 2.59. The van der Waals surface area contributed by atoms with Crippen LogP contribution in [0.3, 0.4) is 0 Å². The van der Waals surface area contributed by atoms with Gasteiger partial charge >= 0.3 is 0 Å². The van der Waals surface area contributed by atoms with E-state index in [9.17, 15) is 4.79 Å². The summed E-state index contributed by atoms with van der Waals surface area (Å²) in [6.45, 7) is 0. The number of nitrogens with two attached hydrogens (primary N) is 1. The van der Waals surface area contributed by atoms with Crippen LogP contribution in [0.2, 0.25) is 0 Å². The van der Waals surface area contributed by atoms with Gasteiger partial charge in [0.1, 0.15) is 0 Å². The third-order valence-corrected chi connectivity index (χ3v) is 4.82. The van der Waals surface area contributed by atoms with E-state index < -0.39 is 0 Å². The molecule has 1 fully saturated rings. The number of benzene rings is 1. The molecule has 0 heterocycles. The number of nitrogens with zero attached hydrogens (tertiary/aromatic N) is 1. The van der Waals surface area contributed by atoms with E-state index in [1.54, 1.807) is 7.11 Å². The zero-order chi connectivity index (χ0) is 15.9. The van der Waals surface area contributed by atoms with Gasteiger partial charge in [-0.2, -0.15) is 0 Å². The average molecular weight is 341 g/mol. The lowest BCUT2D eigenvalue weighted by Crippen LogP contribution is -2.40. The third-order valence-electron chi connectivity index (χ3n) is 4.82. The van der Waals surface area contributed by atoms with Gasteiger partial charge in [-0.05, 0) is 37.7 Å². The van der Waals surface area contributed by atoms with Crippen molar-refractivity contribution >= 4 is 18.3 Å². The molecule has 2 rings (SSSR count). The summed E-state index contributed by atoms with van der Waals surface area (Å²) in [5.74, 6) is 0.201. The lowest BCUT2D eigenvalue weighted by Gasteiger charge is -2.34. The molecule has 0 saturated heterocycles. The molecule has 1 saturated carbocycles. The second kappa shape index (κ2) is 9.91. The Labute approximate surface area is 145 Å². The van der Waals surface area contributed by atoms with Gasteiger partial charge in [0.2, 0.25) is 5.91 Å². The number of rotatable bonds is 6. The van der Waals surface area contributed by atoms with Crippen LogP contribution in [0.4, 0.5) is 0 Å². The Morgan fingerprint density at radius 2 is 1.87 bits per heavy atom. The first-order chi connectivity index (χ1) is 10.6. The molecule has 1 aliphatic rings. The van der Waals surface area contributed by atoms with Gasteiger partial charge in [0, 0.05) is 32.7 Å². The molecule has 1 aliphatic carbocycles. The van der Waals surface area contributed by atoms with Crippen LogP contribution in [0.15, 0.2) is 30.3 Å². The lowest BCUT2D eigenvalue weighted by molar-refractivity contribution is -0.133. The van der Waals surface area contributed by atoms with E-state index in [-0.39, 0.29) is 24.4 Å². The first kappa shape index (κ1) is 19.9. The van der Waals surface area contributed by atoms with Crippen molar-refractivity contribution in [1.82, 2.24) is 4.90 Å². The first-order valence-electron chi connectivity index (χ1n) is 8.20. The molecule has 0 aliphatic heterocycles. The smallest absolute Gasteiger partial charge is 0.222 e. The number of hydrogen-bond acceptors (Lipinski definition) is 3. The number of carbonyl (C=O) groups is 1. The maximum absolute atomic E-state index is 12.4. The normalized spacial score (nSPS) is 22.0. The van der Waals surface area contributed by atoms with E-state index in [2.05, 4.69) is 0 Å². The standard InChI is InChI=1S/C18H28N2O2.ClH/c1-20(15-8-10-16(22-2)11-9-15)18(21)13-12-17(19)14-6-4-3-5-7-14;/h3-7,15-17H,8-13,19H2,1-2H3;1H. The van der Waals surface area contributed by atoms with Crippen molar-refractivity contribution in [2.24, 2.45) is 5.73 Å². The van der Waals surface area contributed by atoms with Crippen molar-refractivity contribution < 1.29 is 9.53 Å². The van der Waals surface area contributed by atoms with Gasteiger partial charge < -0.3 is 15.4 Å². The van der Waals surface area contributed by atoms with Crippen LogP contribution in [-0.2, 0) is 9.53 Å². The van der Waals surface area contributed by atoms with Gasteiger partial charge in [-0.3, -0.25) is 4.79 Å². The summed E-state index contributed by atoms with van der Waals surface area (Å²) in [6, 6.07) is 10.3. The zero-order valence-corrected chi connectivity index (χ0v) is 14.9. The van der Waals surface area contributed by atoms with Crippen LogP contribution in [0.25, 0.3) is 0 Å². The van der Waals surface area contributed by atoms with Crippen LogP contribution < -0.4 is 5.73 Å². The number of carbonyl (C=O) groups excluding carboxylic acids is 1. The highest BCUT2D eigenvalue weighted by molar-refractivity contribution is 5.85. The van der Waals surface area contributed by atoms with Crippen molar-refractivity contribution in [3.8, 4) is 0 Å². The molecule has 1 unspecified atom stereocenters. The minimum absolute atomic E-state index is 0. The van der Waals surface area contributed by atoms with Crippen LogP contribution >= 0.6 is 12.4 Å². The monoisotopic (exact) mass is 340 g/mol. The van der Waals surface area contributed by atoms with E-state index >= 15 is 0 Å². The summed E-state index contributed by atoms with van der Waals surface area (Å²) in [7, 11) is 3.69. The molecule has 4 nitrogen and oxygen atoms in total. The highest BCUT2D eigenvalue weighted by Gasteiger charge is 2.26. The quantitative estimate of drug-likeness (QED) is 0.864. The second-order valence-corrected chi connectivity index (χ2v) is 6.23. The topological polar surface area (TPSA) is 55.6 Å². The van der Waals surface area contributed by atoms with E-state index in [1.165, 1.54) is 0 Å². The zero-order valence-electron chi connectivity index (χ0n) is 14.1. The number of methoxy groups -OCH3 is 1. The Kier molecular flexibility index (Phi) is 8.59. The predicted molar refractivity (Wildman–Crippen MR) is 95.7 cm³/mol. The van der Waals surface area contributed by atoms with E-state index in [0.717, 1.165) is 31.2 Å². The molecule has 1 atom stereocenters. The van der Waals surface area contributed by atoms with Crippen molar-refractivity contribution in [3.63, 3.8) is 0 Å². The van der Waals surface area contributed by atoms with Crippen molar-refractivity contribution in [2.45, 2.75) is 56.7 Å². The van der Waals surface area contributed by atoms with Gasteiger partial charge in [0.15, 0.2) is 0 Å². The van der Waals surface area contributed by atoms with Gasteiger partial charge in [-0.1, -0.05) is 30.3 Å². The van der Waals surface area contributed by atoms with Gasteiger partial charge in [0.25, 0.3) is 0 Å². The molecule has 1 aromatic rings. The fraction of sp³-hybridized carbons (Fsp3) is 0.611. The summed E-state index contributed by atoms with van der Waals surface area (Å²) in [6.07, 6.45) is 5.73. The molecule has 23 heavy (non-hydrogen) atoms. The Morgan fingerprint density at radius 3 is 2.43 bits per heavy atom. The van der Waals surface area contributed by atoms with E-state index in [0.29, 0.717) is 25.0 Å². The molecule has 0 spiro atoms. The van der Waals surface area contributed by atoms with Gasteiger partial charge in [-0.25, -0.2) is 0 Å². The largest absolute Gasteiger partial charge is 0.381 e. The number of ether oxygens (including phenoxy) is 1. The van der Waals surface area contributed by atoms with Gasteiger partial charge in [0.05, 0.1) is 6.10 Å². The van der Waals surface area contributed by atoms with Crippen molar-refractivity contribution in [1.29, 1.82) is 0 Å². The molecular formula is C18H29ClN2O2.